The number of alkyl carbamates (subject to hydrolysis) is 1. The van der Waals surface area contributed by atoms with Crippen molar-refractivity contribution in [3.63, 3.8) is 0 Å². The van der Waals surface area contributed by atoms with Gasteiger partial charge in [0.05, 0.1) is 6.54 Å². The lowest BCUT2D eigenvalue weighted by atomic mass is 10.2. The van der Waals surface area contributed by atoms with Gasteiger partial charge in [-0.1, -0.05) is 30.3 Å². The number of nitrogens with one attached hydrogen (secondary N) is 5. The van der Waals surface area contributed by atoms with Crippen molar-refractivity contribution in [3.05, 3.63) is 35.9 Å². The van der Waals surface area contributed by atoms with E-state index in [1.165, 1.54) is 0 Å². The van der Waals surface area contributed by atoms with E-state index in [2.05, 4.69) is 31.5 Å². The minimum atomic E-state index is -0.488. The van der Waals surface area contributed by atoms with E-state index in [1.54, 1.807) is 0 Å². The molecule has 1 aliphatic heterocycles. The van der Waals surface area contributed by atoms with E-state index in [0.717, 1.165) is 57.9 Å². The van der Waals surface area contributed by atoms with Gasteiger partial charge in [0, 0.05) is 65.4 Å². The number of hydrogen-bond acceptors (Lipinski definition) is 7. The molecule has 5 N–H and O–H groups in total. The first kappa shape index (κ1) is 23.1. The summed E-state index contributed by atoms with van der Waals surface area (Å²) in [6.07, 6.45) is -0.488. The van der Waals surface area contributed by atoms with Crippen LogP contribution in [0.3, 0.4) is 0 Å². The molecule has 0 radical (unpaired) electrons. The molecule has 1 heterocycles. The zero-order valence-corrected chi connectivity index (χ0v) is 17.0. The first-order valence-corrected chi connectivity index (χ1v) is 10.3. The summed E-state index contributed by atoms with van der Waals surface area (Å²) in [6, 6.07) is 9.50. The molecule has 1 saturated heterocycles. The summed E-state index contributed by atoms with van der Waals surface area (Å²) in [5.74, 6) is -0.0433. The molecule has 162 valence electrons. The molecule has 0 bridgehead atoms. The highest BCUT2D eigenvalue weighted by molar-refractivity contribution is 5.78. The second-order valence-corrected chi connectivity index (χ2v) is 6.86. The van der Waals surface area contributed by atoms with Crippen LogP contribution in [0.5, 0.6) is 0 Å². The minimum absolute atomic E-state index is 0.0433. The third-order valence-corrected chi connectivity index (χ3v) is 4.46. The Morgan fingerprint density at radius 1 is 0.862 bits per heavy atom. The molecule has 0 unspecified atom stereocenters. The number of carbonyl (C=O) groups is 2. The highest BCUT2D eigenvalue weighted by atomic mass is 16.5. The zero-order valence-electron chi connectivity index (χ0n) is 17.0. The maximum Gasteiger partial charge on any atom is 0.407 e. The Labute approximate surface area is 172 Å². The van der Waals surface area contributed by atoms with E-state index < -0.39 is 6.09 Å². The van der Waals surface area contributed by atoms with Crippen LogP contribution in [0.25, 0.3) is 0 Å². The SMILES string of the molecule is O=C(CN1CCNCCNCCNCC1)NCCNC(=O)OCc1ccccc1. The first-order valence-electron chi connectivity index (χ1n) is 10.3. The van der Waals surface area contributed by atoms with E-state index >= 15 is 0 Å². The molecule has 1 fully saturated rings. The Morgan fingerprint density at radius 3 is 2.10 bits per heavy atom. The zero-order chi connectivity index (χ0) is 20.6. The van der Waals surface area contributed by atoms with Crippen LogP contribution in [0.15, 0.2) is 30.3 Å². The van der Waals surface area contributed by atoms with Crippen LogP contribution >= 0.6 is 0 Å². The molecular weight excluding hydrogens is 372 g/mol. The van der Waals surface area contributed by atoms with Gasteiger partial charge in [0.2, 0.25) is 5.91 Å². The summed E-state index contributed by atoms with van der Waals surface area (Å²) in [7, 11) is 0. The molecular formula is C20H34N6O3. The predicted molar refractivity (Wildman–Crippen MR) is 113 cm³/mol. The second-order valence-electron chi connectivity index (χ2n) is 6.86. The molecule has 2 rings (SSSR count). The lowest BCUT2D eigenvalue weighted by Crippen LogP contribution is -2.46. The second kappa shape index (κ2) is 14.7. The van der Waals surface area contributed by atoms with Crippen molar-refractivity contribution in [1.82, 2.24) is 31.5 Å². The molecule has 0 aromatic heterocycles. The van der Waals surface area contributed by atoms with Crippen molar-refractivity contribution in [2.24, 2.45) is 0 Å². The molecule has 0 aliphatic carbocycles. The van der Waals surface area contributed by atoms with Crippen molar-refractivity contribution in [1.29, 1.82) is 0 Å². The number of amides is 2. The van der Waals surface area contributed by atoms with E-state index in [9.17, 15) is 9.59 Å². The van der Waals surface area contributed by atoms with Crippen LogP contribution in [-0.4, -0.2) is 88.9 Å². The maximum atomic E-state index is 12.2. The molecule has 9 heteroatoms. The Balaban J connectivity index is 1.56. The van der Waals surface area contributed by atoms with Gasteiger partial charge in [-0.2, -0.15) is 0 Å². The lowest BCUT2D eigenvalue weighted by Gasteiger charge is -2.23. The van der Waals surface area contributed by atoms with Crippen LogP contribution in [0, 0.1) is 0 Å². The number of hydrogen-bond donors (Lipinski definition) is 5. The van der Waals surface area contributed by atoms with Gasteiger partial charge in [-0.15, -0.1) is 0 Å². The molecule has 1 aromatic rings. The third-order valence-electron chi connectivity index (χ3n) is 4.46. The van der Waals surface area contributed by atoms with Gasteiger partial charge in [-0.05, 0) is 5.56 Å². The number of rotatable bonds is 7. The summed E-state index contributed by atoms with van der Waals surface area (Å²) >= 11 is 0. The number of ether oxygens (including phenoxy) is 1. The summed E-state index contributed by atoms with van der Waals surface area (Å²) in [4.78, 5) is 26.0. The van der Waals surface area contributed by atoms with Gasteiger partial charge in [0.15, 0.2) is 0 Å². The monoisotopic (exact) mass is 406 g/mol. The van der Waals surface area contributed by atoms with Gasteiger partial charge in [0.25, 0.3) is 0 Å². The number of nitrogens with zero attached hydrogens (tertiary/aromatic N) is 1. The minimum Gasteiger partial charge on any atom is -0.445 e. The standard InChI is InChI=1S/C20H34N6O3/c27-19(16-26-14-12-22-8-6-21-7-9-23-13-15-26)24-10-11-25-20(28)29-17-18-4-2-1-3-5-18/h1-5,21-23H,6-17H2,(H,24,27)(H,25,28). The van der Waals surface area contributed by atoms with E-state index in [1.807, 2.05) is 30.3 Å². The van der Waals surface area contributed by atoms with E-state index in [0.29, 0.717) is 19.6 Å². The molecule has 0 atom stereocenters. The summed E-state index contributed by atoms with van der Waals surface area (Å²) in [6.45, 7) is 8.35. The summed E-state index contributed by atoms with van der Waals surface area (Å²) in [5.41, 5.74) is 0.933. The van der Waals surface area contributed by atoms with Gasteiger partial charge >= 0.3 is 6.09 Å². The molecule has 0 spiro atoms. The quantitative estimate of drug-likeness (QED) is 0.374. The van der Waals surface area contributed by atoms with Crippen molar-refractivity contribution in [2.75, 3.05) is 72.0 Å². The Hall–Kier alpha value is -2.20. The fourth-order valence-electron chi connectivity index (χ4n) is 2.87. The van der Waals surface area contributed by atoms with Gasteiger partial charge in [-0.25, -0.2) is 4.79 Å². The van der Waals surface area contributed by atoms with Crippen molar-refractivity contribution < 1.29 is 14.3 Å². The lowest BCUT2D eigenvalue weighted by molar-refractivity contribution is -0.122. The molecule has 0 saturated carbocycles. The highest BCUT2D eigenvalue weighted by Gasteiger charge is 2.11. The smallest absolute Gasteiger partial charge is 0.407 e. The highest BCUT2D eigenvalue weighted by Crippen LogP contribution is 2.00. The first-order chi connectivity index (χ1) is 14.2. The van der Waals surface area contributed by atoms with E-state index in [4.69, 9.17) is 4.74 Å². The molecule has 2 amide bonds. The average Bonchev–Trinajstić information content (AvgIpc) is 2.72. The van der Waals surface area contributed by atoms with Crippen LogP contribution < -0.4 is 26.6 Å². The van der Waals surface area contributed by atoms with Gasteiger partial charge in [-0.3, -0.25) is 9.69 Å². The largest absolute Gasteiger partial charge is 0.445 e. The molecule has 9 nitrogen and oxygen atoms in total. The van der Waals surface area contributed by atoms with Crippen molar-refractivity contribution in [2.45, 2.75) is 6.61 Å². The average molecular weight is 407 g/mol. The van der Waals surface area contributed by atoms with Crippen LogP contribution in [0.1, 0.15) is 5.56 Å². The maximum absolute atomic E-state index is 12.2. The normalized spacial score (nSPS) is 16.8. The molecule has 29 heavy (non-hydrogen) atoms. The molecule has 1 aromatic carbocycles. The predicted octanol–water partition coefficient (Wildman–Crippen LogP) is -0.887. The van der Waals surface area contributed by atoms with Gasteiger partial charge in [0.1, 0.15) is 6.61 Å². The Bertz CT molecular complexity index is 575. The topological polar surface area (TPSA) is 107 Å². The fraction of sp³-hybridized carbons (Fsp3) is 0.600. The molecule has 1 aliphatic rings. The van der Waals surface area contributed by atoms with Crippen molar-refractivity contribution >= 4 is 12.0 Å². The Kier molecular flexibility index (Phi) is 11.7. The summed E-state index contributed by atoms with van der Waals surface area (Å²) in [5, 5.41) is 15.6. The number of benzene rings is 1. The Morgan fingerprint density at radius 2 is 1.45 bits per heavy atom. The number of carbonyl (C=O) groups excluding carboxylic acids is 2. The third kappa shape index (κ3) is 11.4. The summed E-state index contributed by atoms with van der Waals surface area (Å²) < 4.78 is 5.13. The van der Waals surface area contributed by atoms with Gasteiger partial charge < -0.3 is 31.3 Å². The van der Waals surface area contributed by atoms with Crippen LogP contribution in [0.4, 0.5) is 4.79 Å². The van der Waals surface area contributed by atoms with Crippen LogP contribution in [-0.2, 0) is 16.1 Å². The van der Waals surface area contributed by atoms with E-state index in [-0.39, 0.29) is 12.5 Å². The fourth-order valence-corrected chi connectivity index (χ4v) is 2.87. The van der Waals surface area contributed by atoms with Crippen molar-refractivity contribution in [3.8, 4) is 0 Å². The van der Waals surface area contributed by atoms with Crippen LogP contribution in [0.2, 0.25) is 0 Å².